The van der Waals surface area contributed by atoms with E-state index >= 15 is 0 Å². The van der Waals surface area contributed by atoms with Crippen molar-refractivity contribution in [2.24, 2.45) is 5.92 Å². The summed E-state index contributed by atoms with van der Waals surface area (Å²) >= 11 is 0. The number of urea groups is 1. The summed E-state index contributed by atoms with van der Waals surface area (Å²) in [5.41, 5.74) is 1.11. The van der Waals surface area contributed by atoms with Crippen LogP contribution in [-0.2, 0) is 10.3 Å². The second-order valence-corrected chi connectivity index (χ2v) is 10.3. The van der Waals surface area contributed by atoms with Gasteiger partial charge in [0.2, 0.25) is 5.91 Å². The third-order valence-corrected chi connectivity index (χ3v) is 8.29. The molecule has 178 valence electrons. The number of nitriles is 1. The summed E-state index contributed by atoms with van der Waals surface area (Å²) in [6.07, 6.45) is 7.77. The summed E-state index contributed by atoms with van der Waals surface area (Å²) in [6, 6.07) is 12.8. The van der Waals surface area contributed by atoms with Crippen molar-refractivity contribution in [1.29, 1.82) is 5.26 Å². The minimum absolute atomic E-state index is 0.00870. The average Bonchev–Trinajstić information content (AvgIpc) is 3.02. The summed E-state index contributed by atoms with van der Waals surface area (Å²) in [6.45, 7) is 1.83. The molecule has 2 aliphatic carbocycles. The molecule has 1 aliphatic heterocycles. The van der Waals surface area contributed by atoms with E-state index in [0.717, 1.165) is 32.2 Å². The molecule has 1 aromatic carbocycles. The van der Waals surface area contributed by atoms with Gasteiger partial charge in [-0.15, -0.1) is 0 Å². The molecule has 7 nitrogen and oxygen atoms in total. The van der Waals surface area contributed by atoms with Crippen molar-refractivity contribution in [1.82, 2.24) is 20.0 Å². The Balaban J connectivity index is 1.52. The maximum atomic E-state index is 13.5. The van der Waals surface area contributed by atoms with Crippen LogP contribution in [-0.4, -0.2) is 72.5 Å². The van der Waals surface area contributed by atoms with Crippen LogP contribution in [0.2, 0.25) is 0 Å². The number of hydrogen-bond donors (Lipinski definition) is 1. The number of amides is 3. The maximum Gasteiger partial charge on any atom is 0.321 e. The molecule has 1 heterocycles. The lowest BCUT2D eigenvalue weighted by Gasteiger charge is -2.51. The van der Waals surface area contributed by atoms with E-state index in [9.17, 15) is 9.59 Å². The molecule has 0 atom stereocenters. The first-order chi connectivity index (χ1) is 15.9. The Labute approximate surface area is 197 Å². The van der Waals surface area contributed by atoms with Crippen molar-refractivity contribution in [2.75, 3.05) is 40.3 Å². The second kappa shape index (κ2) is 9.72. The molecule has 3 aliphatic rings. The van der Waals surface area contributed by atoms with Crippen LogP contribution in [0.3, 0.4) is 0 Å². The monoisotopic (exact) mass is 451 g/mol. The Hall–Kier alpha value is -2.59. The molecule has 1 aromatic rings. The van der Waals surface area contributed by atoms with Gasteiger partial charge in [0, 0.05) is 25.2 Å². The lowest BCUT2D eigenvalue weighted by atomic mass is 9.68. The van der Waals surface area contributed by atoms with Gasteiger partial charge in [0.05, 0.1) is 18.0 Å². The van der Waals surface area contributed by atoms with Gasteiger partial charge in [0.1, 0.15) is 6.54 Å². The van der Waals surface area contributed by atoms with Crippen LogP contribution in [0.15, 0.2) is 30.3 Å². The van der Waals surface area contributed by atoms with Crippen molar-refractivity contribution in [3.63, 3.8) is 0 Å². The minimum Gasteiger partial charge on any atom is -0.354 e. The van der Waals surface area contributed by atoms with Crippen LogP contribution in [0.1, 0.15) is 56.9 Å². The quantitative estimate of drug-likeness (QED) is 0.615. The highest BCUT2D eigenvalue weighted by molar-refractivity contribution is 5.86. The average molecular weight is 452 g/mol. The predicted molar refractivity (Wildman–Crippen MR) is 127 cm³/mol. The van der Waals surface area contributed by atoms with Crippen LogP contribution in [0, 0.1) is 17.2 Å². The standard InChI is InChI=1S/C26H37N5O2/c1-29(2)26(22-10-4-3-5-11-22)14-12-25(13-15-26)20-30(19-23(32)28-17-7-16-27)24(33)31(25)18-21-8-6-9-21/h3-5,10-11,21H,6-9,12-15,17-20H2,1-2H3,(H,28,32). The molecule has 0 bridgehead atoms. The summed E-state index contributed by atoms with van der Waals surface area (Å²) in [7, 11) is 4.32. The molecule has 3 fully saturated rings. The van der Waals surface area contributed by atoms with E-state index in [1.807, 2.05) is 6.07 Å². The van der Waals surface area contributed by atoms with E-state index in [0.29, 0.717) is 19.0 Å². The molecule has 1 N–H and O–H groups in total. The number of nitrogens with zero attached hydrogens (tertiary/aromatic N) is 4. The molecule has 0 unspecified atom stereocenters. The molecule has 4 rings (SSSR count). The SMILES string of the molecule is CN(C)C1(c2ccccc2)CCC2(CC1)CN(CC(=O)NCCC#N)C(=O)N2CC1CCC1. The Morgan fingerprint density at radius 2 is 1.88 bits per heavy atom. The summed E-state index contributed by atoms with van der Waals surface area (Å²) in [4.78, 5) is 32.1. The molecule has 1 spiro atoms. The minimum atomic E-state index is -0.200. The highest BCUT2D eigenvalue weighted by Crippen LogP contribution is 2.49. The van der Waals surface area contributed by atoms with Crippen LogP contribution in [0.4, 0.5) is 4.79 Å². The van der Waals surface area contributed by atoms with Gasteiger partial charge >= 0.3 is 6.03 Å². The van der Waals surface area contributed by atoms with Crippen molar-refractivity contribution in [3.05, 3.63) is 35.9 Å². The fourth-order valence-corrected chi connectivity index (χ4v) is 6.00. The molecule has 0 aromatic heterocycles. The van der Waals surface area contributed by atoms with Crippen LogP contribution < -0.4 is 5.32 Å². The lowest BCUT2D eigenvalue weighted by molar-refractivity contribution is -0.121. The summed E-state index contributed by atoms with van der Waals surface area (Å²) in [5.74, 6) is 0.409. The molecule has 1 saturated heterocycles. The molecule has 0 radical (unpaired) electrons. The third kappa shape index (κ3) is 4.59. The first-order valence-corrected chi connectivity index (χ1v) is 12.3. The number of hydrogen-bond acceptors (Lipinski definition) is 4. The number of rotatable bonds is 8. The van der Waals surface area contributed by atoms with Gasteiger partial charge in [-0.3, -0.25) is 9.69 Å². The van der Waals surface area contributed by atoms with Crippen LogP contribution in [0.5, 0.6) is 0 Å². The van der Waals surface area contributed by atoms with Gasteiger partial charge in [0.25, 0.3) is 0 Å². The van der Waals surface area contributed by atoms with Gasteiger partial charge in [-0.25, -0.2) is 4.79 Å². The Morgan fingerprint density at radius 3 is 2.45 bits per heavy atom. The summed E-state index contributed by atoms with van der Waals surface area (Å²) < 4.78 is 0. The first kappa shape index (κ1) is 23.6. The van der Waals surface area contributed by atoms with E-state index < -0.39 is 0 Å². The zero-order valence-electron chi connectivity index (χ0n) is 20.1. The normalized spacial score (nSPS) is 27.6. The van der Waals surface area contributed by atoms with Gasteiger partial charge in [-0.1, -0.05) is 36.8 Å². The van der Waals surface area contributed by atoms with Crippen LogP contribution in [0.25, 0.3) is 0 Å². The number of carbonyl (C=O) groups is 2. The van der Waals surface area contributed by atoms with Gasteiger partial charge in [0.15, 0.2) is 0 Å². The molecule has 7 heteroatoms. The summed E-state index contributed by atoms with van der Waals surface area (Å²) in [5, 5.41) is 11.5. The lowest BCUT2D eigenvalue weighted by Crippen LogP contribution is -2.56. The van der Waals surface area contributed by atoms with Crippen LogP contribution >= 0.6 is 0 Å². The van der Waals surface area contributed by atoms with E-state index in [2.05, 4.69) is 59.5 Å². The Kier molecular flexibility index (Phi) is 6.94. The van der Waals surface area contributed by atoms with E-state index in [4.69, 9.17) is 5.26 Å². The van der Waals surface area contributed by atoms with Crippen molar-refractivity contribution in [3.8, 4) is 6.07 Å². The smallest absolute Gasteiger partial charge is 0.321 e. The van der Waals surface area contributed by atoms with Crippen molar-refractivity contribution in [2.45, 2.75) is 62.4 Å². The molecular weight excluding hydrogens is 414 g/mol. The molecule has 2 saturated carbocycles. The fourth-order valence-electron chi connectivity index (χ4n) is 6.00. The predicted octanol–water partition coefficient (Wildman–Crippen LogP) is 3.32. The van der Waals surface area contributed by atoms with Crippen molar-refractivity contribution >= 4 is 11.9 Å². The Morgan fingerprint density at radius 1 is 1.18 bits per heavy atom. The molecule has 33 heavy (non-hydrogen) atoms. The van der Waals surface area contributed by atoms with E-state index in [1.165, 1.54) is 24.8 Å². The largest absolute Gasteiger partial charge is 0.354 e. The number of benzene rings is 1. The van der Waals surface area contributed by atoms with Gasteiger partial charge < -0.3 is 15.1 Å². The van der Waals surface area contributed by atoms with E-state index in [-0.39, 0.29) is 36.0 Å². The number of nitrogens with one attached hydrogen (secondary N) is 1. The fraction of sp³-hybridized carbons (Fsp3) is 0.654. The van der Waals surface area contributed by atoms with Gasteiger partial charge in [-0.05, 0) is 64.1 Å². The first-order valence-electron chi connectivity index (χ1n) is 12.3. The zero-order valence-corrected chi connectivity index (χ0v) is 20.1. The van der Waals surface area contributed by atoms with E-state index in [1.54, 1.807) is 4.90 Å². The highest BCUT2D eigenvalue weighted by atomic mass is 16.2. The highest BCUT2D eigenvalue weighted by Gasteiger charge is 2.55. The second-order valence-electron chi connectivity index (χ2n) is 10.3. The zero-order chi connectivity index (χ0) is 23.5. The molecule has 3 amide bonds. The maximum absolute atomic E-state index is 13.5. The Bertz CT molecular complexity index is 882. The molecular formula is C26H37N5O2. The number of carbonyl (C=O) groups excluding carboxylic acids is 2. The topological polar surface area (TPSA) is 79.7 Å². The van der Waals surface area contributed by atoms with Gasteiger partial charge in [-0.2, -0.15) is 5.26 Å². The third-order valence-electron chi connectivity index (χ3n) is 8.29. The van der Waals surface area contributed by atoms with Crippen molar-refractivity contribution < 1.29 is 9.59 Å².